The fourth-order valence-electron chi connectivity index (χ4n) is 1.97. The van der Waals surface area contributed by atoms with Crippen LogP contribution in [-0.2, 0) is 6.42 Å². The molecule has 2 heterocycles. The molecule has 0 fully saturated rings. The van der Waals surface area contributed by atoms with E-state index in [-0.39, 0.29) is 0 Å². The zero-order chi connectivity index (χ0) is 11.8. The van der Waals surface area contributed by atoms with Gasteiger partial charge in [0.15, 0.2) is 0 Å². The second kappa shape index (κ2) is 4.95. The molecule has 0 amide bonds. The van der Waals surface area contributed by atoms with Gasteiger partial charge in [-0.25, -0.2) is 4.98 Å². The van der Waals surface area contributed by atoms with Crippen LogP contribution in [0.25, 0.3) is 11.6 Å². The minimum Gasteiger partial charge on any atom is -0.283 e. The molecule has 0 N–H and O–H groups in total. The quantitative estimate of drug-likeness (QED) is 0.672. The van der Waals surface area contributed by atoms with Gasteiger partial charge in [0.2, 0.25) is 0 Å². The molecule has 0 aromatic carbocycles. The molecule has 17 heavy (non-hydrogen) atoms. The lowest BCUT2D eigenvalue weighted by atomic mass is 9.98. The molecule has 0 atom stereocenters. The van der Waals surface area contributed by atoms with Crippen LogP contribution in [0, 0.1) is 0 Å². The summed E-state index contributed by atoms with van der Waals surface area (Å²) in [5.41, 5.74) is 4.00. The highest BCUT2D eigenvalue weighted by Gasteiger charge is 2.17. The maximum atomic E-state index is 5.88. The van der Waals surface area contributed by atoms with E-state index in [4.69, 9.17) is 11.6 Å². The van der Waals surface area contributed by atoms with Gasteiger partial charge in [-0.05, 0) is 36.1 Å². The van der Waals surface area contributed by atoms with Crippen LogP contribution in [0.2, 0.25) is 5.15 Å². The van der Waals surface area contributed by atoms with E-state index in [1.54, 1.807) is 20.5 Å². The lowest BCUT2D eigenvalue weighted by Crippen LogP contribution is -1.99. The topological polar surface area (TPSA) is 17.8 Å². The first-order valence-corrected chi connectivity index (χ1v) is 9.66. The molecule has 2 aromatic heterocycles. The summed E-state index contributed by atoms with van der Waals surface area (Å²) < 4.78 is 2.18. The summed E-state index contributed by atoms with van der Waals surface area (Å²) >= 11 is 9.79. The van der Waals surface area contributed by atoms with Crippen molar-refractivity contribution in [1.29, 1.82) is 0 Å². The molecule has 2 nitrogen and oxygen atoms in total. The highest BCUT2D eigenvalue weighted by Crippen LogP contribution is 2.35. The van der Waals surface area contributed by atoms with Crippen molar-refractivity contribution in [2.24, 2.45) is 0 Å². The molecule has 0 aliphatic heterocycles. The van der Waals surface area contributed by atoms with Crippen LogP contribution in [0.5, 0.6) is 0 Å². The largest absolute Gasteiger partial charge is 0.283 e. The van der Waals surface area contributed by atoms with E-state index in [0.717, 1.165) is 17.8 Å². The highest BCUT2D eigenvalue weighted by molar-refractivity contribution is 14.2. The van der Waals surface area contributed by atoms with Crippen LogP contribution >= 0.6 is 53.3 Å². The van der Waals surface area contributed by atoms with Crippen molar-refractivity contribution in [3.8, 4) is 0 Å². The van der Waals surface area contributed by atoms with Crippen LogP contribution in [-0.4, -0.2) is 8.96 Å². The lowest BCUT2D eigenvalue weighted by Gasteiger charge is -2.13. The Bertz CT molecular complexity index is 588. The second-order valence-corrected chi connectivity index (χ2v) is 6.72. The van der Waals surface area contributed by atoms with Crippen LogP contribution in [0.1, 0.15) is 22.7 Å². The van der Waals surface area contributed by atoms with Crippen molar-refractivity contribution in [3.05, 3.63) is 39.1 Å². The van der Waals surface area contributed by atoms with Crippen molar-refractivity contribution >= 4 is 64.9 Å². The number of aryl methyl sites for hydroxylation is 1. The molecule has 0 saturated heterocycles. The molecule has 0 bridgehead atoms. The summed E-state index contributed by atoms with van der Waals surface area (Å²) in [6, 6.07) is 2.20. The van der Waals surface area contributed by atoms with E-state index in [0.29, 0.717) is 5.15 Å². The SMILES string of the molecule is Clc1csc(C2=Cc3c(ccn3SI)CC2)n1. The summed E-state index contributed by atoms with van der Waals surface area (Å²) in [6.07, 6.45) is 6.49. The smallest absolute Gasteiger partial charge is 0.140 e. The second-order valence-electron chi connectivity index (χ2n) is 3.77. The average Bonchev–Trinajstić information content (AvgIpc) is 2.94. The summed E-state index contributed by atoms with van der Waals surface area (Å²) in [5.74, 6) is 0. The number of hydrogen-bond acceptors (Lipinski definition) is 3. The molecule has 88 valence electrons. The Labute approximate surface area is 125 Å². The Morgan fingerprint density at radius 1 is 1.47 bits per heavy atom. The maximum absolute atomic E-state index is 5.88. The number of halogens is 2. The summed E-state index contributed by atoms with van der Waals surface area (Å²) in [6.45, 7) is 0. The lowest BCUT2D eigenvalue weighted by molar-refractivity contribution is 0.993. The molecule has 3 rings (SSSR count). The number of rotatable bonds is 2. The monoisotopic (exact) mass is 394 g/mol. The molecule has 0 unspecified atom stereocenters. The Morgan fingerprint density at radius 2 is 2.35 bits per heavy atom. The van der Waals surface area contributed by atoms with Gasteiger partial charge in [-0.2, -0.15) is 0 Å². The molecular weight excluding hydrogens is 387 g/mol. The van der Waals surface area contributed by atoms with Gasteiger partial charge in [0.1, 0.15) is 10.2 Å². The number of nitrogens with zero attached hydrogens (tertiary/aromatic N) is 2. The molecular formula is C11H8ClIN2S2. The van der Waals surface area contributed by atoms with Crippen molar-refractivity contribution in [2.45, 2.75) is 12.8 Å². The molecule has 2 aromatic rings. The third kappa shape index (κ3) is 2.30. The normalized spacial score (nSPS) is 14.6. The van der Waals surface area contributed by atoms with Crippen LogP contribution < -0.4 is 0 Å². The van der Waals surface area contributed by atoms with Crippen molar-refractivity contribution in [3.63, 3.8) is 0 Å². The van der Waals surface area contributed by atoms with Gasteiger partial charge in [-0.3, -0.25) is 3.97 Å². The zero-order valence-corrected chi connectivity index (χ0v) is 13.2. The van der Waals surface area contributed by atoms with Crippen molar-refractivity contribution in [2.75, 3.05) is 0 Å². The van der Waals surface area contributed by atoms with E-state index in [1.165, 1.54) is 16.8 Å². The summed E-state index contributed by atoms with van der Waals surface area (Å²) in [5, 5.41) is 3.53. The molecule has 0 saturated carbocycles. The Balaban J connectivity index is 2.04. The number of aromatic nitrogens is 2. The van der Waals surface area contributed by atoms with E-state index >= 15 is 0 Å². The van der Waals surface area contributed by atoms with Gasteiger partial charge in [0.05, 0.1) is 5.69 Å². The zero-order valence-electron chi connectivity index (χ0n) is 8.69. The Kier molecular flexibility index (Phi) is 3.52. The Hall–Kier alpha value is 0.0200. The standard InChI is InChI=1S/C11H8ClIN2S2/c12-10-6-16-11(14-10)8-2-1-7-3-4-15(17-13)9(7)5-8/h3-6H,1-2H2. The van der Waals surface area contributed by atoms with Gasteiger partial charge in [-0.1, -0.05) is 11.6 Å². The summed E-state index contributed by atoms with van der Waals surface area (Å²) in [7, 11) is 1.69. The molecule has 1 aliphatic rings. The number of thiazole rings is 1. The Morgan fingerprint density at radius 3 is 3.06 bits per heavy atom. The fourth-order valence-corrected chi connectivity index (χ4v) is 4.34. The van der Waals surface area contributed by atoms with E-state index < -0.39 is 0 Å². The van der Waals surface area contributed by atoms with Gasteiger partial charge < -0.3 is 0 Å². The summed E-state index contributed by atoms with van der Waals surface area (Å²) in [4.78, 5) is 4.34. The molecule has 0 spiro atoms. The van der Waals surface area contributed by atoms with Gasteiger partial charge in [0, 0.05) is 41.9 Å². The molecule has 1 aliphatic carbocycles. The van der Waals surface area contributed by atoms with E-state index in [9.17, 15) is 0 Å². The third-order valence-electron chi connectivity index (χ3n) is 2.78. The van der Waals surface area contributed by atoms with Crippen LogP contribution in [0.15, 0.2) is 17.6 Å². The van der Waals surface area contributed by atoms with Gasteiger partial charge in [0.25, 0.3) is 0 Å². The van der Waals surface area contributed by atoms with Crippen molar-refractivity contribution < 1.29 is 0 Å². The predicted octanol–water partition coefficient (Wildman–Crippen LogP) is 4.93. The van der Waals surface area contributed by atoms with Gasteiger partial charge in [-0.15, -0.1) is 11.3 Å². The third-order valence-corrected chi connectivity index (χ3v) is 5.76. The molecule has 0 radical (unpaired) electrons. The minimum absolute atomic E-state index is 0.593. The number of fused-ring (bicyclic) bond motifs is 1. The first-order chi connectivity index (χ1) is 8.28. The average molecular weight is 395 g/mol. The fraction of sp³-hybridized carbons (Fsp3) is 0.182. The number of allylic oxidation sites excluding steroid dienone is 1. The number of hydrogen-bond donors (Lipinski definition) is 0. The van der Waals surface area contributed by atoms with Crippen LogP contribution in [0.4, 0.5) is 0 Å². The molecule has 6 heteroatoms. The predicted molar refractivity (Wildman–Crippen MR) is 84.8 cm³/mol. The maximum Gasteiger partial charge on any atom is 0.140 e. The first-order valence-electron chi connectivity index (χ1n) is 5.09. The first kappa shape index (κ1) is 12.1. The van der Waals surface area contributed by atoms with Gasteiger partial charge >= 0.3 is 0 Å². The van der Waals surface area contributed by atoms with E-state index in [2.05, 4.69) is 48.5 Å². The van der Waals surface area contributed by atoms with Crippen molar-refractivity contribution in [1.82, 2.24) is 8.96 Å². The van der Waals surface area contributed by atoms with Crippen LogP contribution in [0.3, 0.4) is 0 Å². The minimum atomic E-state index is 0.593. The van der Waals surface area contributed by atoms with E-state index in [1.807, 2.05) is 5.38 Å². The highest BCUT2D eigenvalue weighted by atomic mass is 127.